The molecule has 2 aliphatic carbocycles. The van der Waals surface area contributed by atoms with Gasteiger partial charge in [-0.15, -0.1) is 0 Å². The van der Waals surface area contributed by atoms with Gasteiger partial charge in [0.25, 0.3) is 0 Å². The van der Waals surface area contributed by atoms with Crippen molar-refractivity contribution in [2.75, 3.05) is 20.1 Å². The maximum absolute atomic E-state index is 12.6. The summed E-state index contributed by atoms with van der Waals surface area (Å²) in [5.74, 6) is 2.70. The van der Waals surface area contributed by atoms with Gasteiger partial charge in [0.2, 0.25) is 5.91 Å². The van der Waals surface area contributed by atoms with Crippen LogP contribution in [0, 0.1) is 17.8 Å². The molecule has 0 aromatic heterocycles. The third kappa shape index (κ3) is 2.42. The molecule has 3 nitrogen and oxygen atoms in total. The lowest BCUT2D eigenvalue weighted by molar-refractivity contribution is -0.139. The summed E-state index contributed by atoms with van der Waals surface area (Å²) in [7, 11) is 2.00. The van der Waals surface area contributed by atoms with E-state index >= 15 is 0 Å². The summed E-state index contributed by atoms with van der Waals surface area (Å²) in [6, 6.07) is 0.510. The number of fused-ring (bicyclic) bond motifs is 1. The van der Waals surface area contributed by atoms with E-state index < -0.39 is 0 Å². The summed E-state index contributed by atoms with van der Waals surface area (Å²) in [6.07, 6.45) is 8.65. The summed E-state index contributed by atoms with van der Waals surface area (Å²) in [4.78, 5) is 14.9. The zero-order valence-corrected chi connectivity index (χ0v) is 11.5. The predicted molar refractivity (Wildman–Crippen MR) is 72.2 cm³/mol. The van der Waals surface area contributed by atoms with Crippen molar-refractivity contribution in [3.63, 3.8) is 0 Å². The molecular weight excluding hydrogens is 224 g/mol. The largest absolute Gasteiger partial charge is 0.339 e. The van der Waals surface area contributed by atoms with Crippen molar-refractivity contribution in [2.24, 2.45) is 17.8 Å². The number of nitrogens with one attached hydrogen (secondary N) is 1. The molecule has 2 saturated carbocycles. The van der Waals surface area contributed by atoms with Gasteiger partial charge < -0.3 is 10.2 Å². The van der Waals surface area contributed by atoms with Gasteiger partial charge in [0, 0.05) is 18.5 Å². The van der Waals surface area contributed by atoms with Gasteiger partial charge in [0.05, 0.1) is 0 Å². The first-order valence-electron chi connectivity index (χ1n) is 7.74. The monoisotopic (exact) mass is 250 g/mol. The van der Waals surface area contributed by atoms with Crippen molar-refractivity contribution in [1.82, 2.24) is 10.2 Å². The highest BCUT2D eigenvalue weighted by atomic mass is 16.2. The number of likely N-dealkylation sites (tertiary alicyclic amines) is 1. The lowest BCUT2D eigenvalue weighted by Gasteiger charge is -2.37. The SMILES string of the molecule is CNCCC1CCCCN1C(=O)C1CC2CC2C1. The standard InChI is InChI=1S/C15H26N2O/c1-16-6-5-14-4-2-3-7-17(14)15(18)13-9-11-8-12(11)10-13/h11-14,16H,2-10H2,1H3. The van der Waals surface area contributed by atoms with Crippen LogP contribution in [0.3, 0.4) is 0 Å². The van der Waals surface area contributed by atoms with E-state index in [1.54, 1.807) is 0 Å². The highest BCUT2D eigenvalue weighted by molar-refractivity contribution is 5.79. The second kappa shape index (κ2) is 5.20. The Bertz CT molecular complexity index is 308. The van der Waals surface area contributed by atoms with Crippen LogP contribution in [-0.4, -0.2) is 37.0 Å². The fraction of sp³-hybridized carbons (Fsp3) is 0.933. The molecule has 0 spiro atoms. The fourth-order valence-corrected chi connectivity index (χ4v) is 4.05. The number of carbonyl (C=O) groups excluding carboxylic acids is 1. The van der Waals surface area contributed by atoms with Crippen LogP contribution >= 0.6 is 0 Å². The topological polar surface area (TPSA) is 32.3 Å². The lowest BCUT2D eigenvalue weighted by atomic mass is 9.95. The molecule has 1 aliphatic heterocycles. The van der Waals surface area contributed by atoms with E-state index in [4.69, 9.17) is 0 Å². The average Bonchev–Trinajstić information content (AvgIpc) is 3.02. The van der Waals surface area contributed by atoms with E-state index in [2.05, 4.69) is 10.2 Å². The molecule has 0 radical (unpaired) electrons. The minimum Gasteiger partial charge on any atom is -0.339 e. The Balaban J connectivity index is 1.58. The molecule has 3 atom stereocenters. The number of rotatable bonds is 4. The molecule has 3 heteroatoms. The van der Waals surface area contributed by atoms with Crippen LogP contribution in [0.1, 0.15) is 44.9 Å². The van der Waals surface area contributed by atoms with Gasteiger partial charge >= 0.3 is 0 Å². The van der Waals surface area contributed by atoms with Gasteiger partial charge in [-0.2, -0.15) is 0 Å². The first-order chi connectivity index (χ1) is 8.79. The Hall–Kier alpha value is -0.570. The van der Waals surface area contributed by atoms with Crippen molar-refractivity contribution in [1.29, 1.82) is 0 Å². The van der Waals surface area contributed by atoms with Crippen molar-refractivity contribution in [3.8, 4) is 0 Å². The number of carbonyl (C=O) groups is 1. The van der Waals surface area contributed by atoms with Crippen LogP contribution in [0.25, 0.3) is 0 Å². The third-order valence-electron chi connectivity index (χ3n) is 5.23. The van der Waals surface area contributed by atoms with E-state index in [1.165, 1.54) is 38.5 Å². The highest BCUT2D eigenvalue weighted by Gasteiger charge is 2.49. The van der Waals surface area contributed by atoms with E-state index in [9.17, 15) is 4.79 Å². The number of amides is 1. The van der Waals surface area contributed by atoms with Crippen LogP contribution in [0.4, 0.5) is 0 Å². The molecule has 3 unspecified atom stereocenters. The number of piperidine rings is 1. The molecule has 1 saturated heterocycles. The van der Waals surface area contributed by atoms with Crippen molar-refractivity contribution in [2.45, 2.75) is 51.0 Å². The molecular formula is C15H26N2O. The second-order valence-corrected chi connectivity index (χ2v) is 6.50. The lowest BCUT2D eigenvalue weighted by Crippen LogP contribution is -2.47. The van der Waals surface area contributed by atoms with Crippen molar-refractivity contribution in [3.05, 3.63) is 0 Å². The quantitative estimate of drug-likeness (QED) is 0.828. The fourth-order valence-electron chi connectivity index (χ4n) is 4.05. The number of hydrogen-bond donors (Lipinski definition) is 1. The van der Waals surface area contributed by atoms with Gasteiger partial charge in [-0.1, -0.05) is 0 Å². The molecule has 0 bridgehead atoms. The van der Waals surface area contributed by atoms with Crippen LogP contribution in [0.15, 0.2) is 0 Å². The van der Waals surface area contributed by atoms with E-state index in [0.29, 0.717) is 17.9 Å². The predicted octanol–water partition coefficient (Wildman–Crippen LogP) is 2.02. The molecule has 0 aromatic carbocycles. The summed E-state index contributed by atoms with van der Waals surface area (Å²) in [5, 5.41) is 3.22. The molecule has 0 aromatic rings. The molecule has 3 aliphatic rings. The van der Waals surface area contributed by atoms with E-state index in [0.717, 1.165) is 31.3 Å². The molecule has 1 amide bonds. The van der Waals surface area contributed by atoms with Gasteiger partial charge in [-0.05, 0) is 70.4 Å². The minimum absolute atomic E-state index is 0.379. The second-order valence-electron chi connectivity index (χ2n) is 6.50. The Morgan fingerprint density at radius 2 is 2.00 bits per heavy atom. The highest BCUT2D eigenvalue weighted by Crippen LogP contribution is 2.54. The van der Waals surface area contributed by atoms with Crippen LogP contribution in [-0.2, 0) is 4.79 Å². The summed E-state index contributed by atoms with van der Waals surface area (Å²) in [6.45, 7) is 2.05. The minimum atomic E-state index is 0.379. The zero-order valence-electron chi connectivity index (χ0n) is 11.5. The first-order valence-corrected chi connectivity index (χ1v) is 7.74. The Morgan fingerprint density at radius 1 is 1.22 bits per heavy atom. The van der Waals surface area contributed by atoms with Gasteiger partial charge in [0.15, 0.2) is 0 Å². The summed E-state index contributed by atoms with van der Waals surface area (Å²) >= 11 is 0. The van der Waals surface area contributed by atoms with E-state index in [-0.39, 0.29) is 0 Å². The van der Waals surface area contributed by atoms with Gasteiger partial charge in [0.1, 0.15) is 0 Å². The van der Waals surface area contributed by atoms with Crippen LogP contribution in [0.5, 0.6) is 0 Å². The molecule has 3 rings (SSSR count). The van der Waals surface area contributed by atoms with Crippen LogP contribution < -0.4 is 5.32 Å². The van der Waals surface area contributed by atoms with Crippen molar-refractivity contribution >= 4 is 5.91 Å². The molecule has 102 valence electrons. The number of nitrogens with zero attached hydrogens (tertiary/aromatic N) is 1. The molecule has 3 fully saturated rings. The normalized spacial score (nSPS) is 38.6. The maximum atomic E-state index is 12.6. The first kappa shape index (κ1) is 12.5. The Labute approximate surface area is 110 Å². The number of hydrogen-bond acceptors (Lipinski definition) is 2. The average molecular weight is 250 g/mol. The zero-order chi connectivity index (χ0) is 12.5. The smallest absolute Gasteiger partial charge is 0.225 e. The third-order valence-corrected chi connectivity index (χ3v) is 5.23. The van der Waals surface area contributed by atoms with Crippen LogP contribution in [0.2, 0.25) is 0 Å². The molecule has 18 heavy (non-hydrogen) atoms. The van der Waals surface area contributed by atoms with Gasteiger partial charge in [-0.25, -0.2) is 0 Å². The Kier molecular flexibility index (Phi) is 3.60. The molecule has 1 N–H and O–H groups in total. The van der Waals surface area contributed by atoms with Crippen molar-refractivity contribution < 1.29 is 4.79 Å². The molecule has 1 heterocycles. The summed E-state index contributed by atoms with van der Waals surface area (Å²) in [5.41, 5.74) is 0. The Morgan fingerprint density at radius 3 is 2.72 bits per heavy atom. The van der Waals surface area contributed by atoms with Gasteiger partial charge in [-0.3, -0.25) is 4.79 Å². The van der Waals surface area contributed by atoms with E-state index in [1.807, 2.05) is 7.05 Å². The summed E-state index contributed by atoms with van der Waals surface area (Å²) < 4.78 is 0. The maximum Gasteiger partial charge on any atom is 0.225 e.